The van der Waals surface area contributed by atoms with E-state index in [2.05, 4.69) is 27.9 Å². The molecule has 1 fully saturated rings. The summed E-state index contributed by atoms with van der Waals surface area (Å²) in [6.07, 6.45) is 1.45. The van der Waals surface area contributed by atoms with E-state index < -0.39 is 17.8 Å². The molecule has 33 heavy (non-hydrogen) atoms. The Morgan fingerprint density at radius 3 is 2.48 bits per heavy atom. The molecule has 0 bridgehead atoms. The molecule has 1 aliphatic heterocycles. The molecule has 4 amide bonds. The number of barbiturate groups is 1. The van der Waals surface area contributed by atoms with E-state index in [0.29, 0.717) is 22.9 Å². The molecule has 1 heterocycles. The lowest BCUT2D eigenvalue weighted by Crippen LogP contribution is -2.54. The molecule has 3 aromatic rings. The van der Waals surface area contributed by atoms with Gasteiger partial charge in [-0.15, -0.1) is 0 Å². The minimum Gasteiger partial charge on any atom is -0.488 e. The number of aryl methyl sites for hydroxylation is 1. The fourth-order valence-corrected chi connectivity index (χ4v) is 4.11. The number of amides is 4. The first-order valence-corrected chi connectivity index (χ1v) is 11.4. The van der Waals surface area contributed by atoms with Crippen molar-refractivity contribution in [1.82, 2.24) is 5.32 Å². The third-order valence-corrected chi connectivity index (χ3v) is 6.27. The molecule has 1 N–H and O–H groups in total. The van der Waals surface area contributed by atoms with Gasteiger partial charge in [0.05, 0.1) is 9.26 Å². The molecule has 6 nitrogen and oxygen atoms in total. The van der Waals surface area contributed by atoms with Crippen molar-refractivity contribution < 1.29 is 19.1 Å². The fraction of sp³-hybridized carbons (Fsp3) is 0.0800. The maximum atomic E-state index is 13.1. The number of carbonyl (C=O) groups excluding carboxylic acids is 3. The van der Waals surface area contributed by atoms with Gasteiger partial charge in [-0.05, 0) is 76.5 Å². The first-order chi connectivity index (χ1) is 15.8. The van der Waals surface area contributed by atoms with Crippen molar-refractivity contribution in [2.24, 2.45) is 0 Å². The standard InChI is InChI=1S/C25H18ClIN2O4/c1-15-7-9-18(13-20(15)26)29-24(31)19(23(30)28-25(29)32)11-17-8-10-22(21(27)12-17)33-14-16-5-3-2-4-6-16/h2-13H,14H2,1H3,(H,28,30,32)/b19-11-. The number of anilines is 1. The third kappa shape index (κ3) is 5.09. The lowest BCUT2D eigenvalue weighted by molar-refractivity contribution is -0.122. The Hall–Kier alpha value is -3.17. The number of benzene rings is 3. The van der Waals surface area contributed by atoms with Crippen LogP contribution in [0.3, 0.4) is 0 Å². The summed E-state index contributed by atoms with van der Waals surface area (Å²) in [7, 11) is 0. The molecule has 0 saturated carbocycles. The average Bonchev–Trinajstić information content (AvgIpc) is 2.79. The Kier molecular flexibility index (Phi) is 6.80. The number of nitrogens with one attached hydrogen (secondary N) is 1. The molecule has 0 radical (unpaired) electrons. The van der Waals surface area contributed by atoms with Gasteiger partial charge >= 0.3 is 6.03 Å². The predicted molar refractivity (Wildman–Crippen MR) is 135 cm³/mol. The van der Waals surface area contributed by atoms with Crippen LogP contribution in [0.5, 0.6) is 5.75 Å². The van der Waals surface area contributed by atoms with E-state index >= 15 is 0 Å². The number of hydrogen-bond acceptors (Lipinski definition) is 4. The van der Waals surface area contributed by atoms with Gasteiger partial charge in [0.15, 0.2) is 0 Å². The van der Waals surface area contributed by atoms with Crippen LogP contribution in [0.1, 0.15) is 16.7 Å². The van der Waals surface area contributed by atoms with Crippen LogP contribution in [0.15, 0.2) is 72.3 Å². The summed E-state index contributed by atoms with van der Waals surface area (Å²) in [6.45, 7) is 2.24. The van der Waals surface area contributed by atoms with E-state index in [4.69, 9.17) is 16.3 Å². The van der Waals surface area contributed by atoms with Crippen LogP contribution in [0.25, 0.3) is 6.08 Å². The molecular weight excluding hydrogens is 555 g/mol. The molecule has 3 aromatic carbocycles. The highest BCUT2D eigenvalue weighted by Crippen LogP contribution is 2.28. The molecule has 0 atom stereocenters. The Morgan fingerprint density at radius 2 is 1.79 bits per heavy atom. The van der Waals surface area contributed by atoms with E-state index in [9.17, 15) is 14.4 Å². The van der Waals surface area contributed by atoms with Gasteiger partial charge in [0.2, 0.25) is 0 Å². The van der Waals surface area contributed by atoms with Gasteiger partial charge in [-0.1, -0.05) is 54.1 Å². The Bertz CT molecular complexity index is 1290. The third-order valence-electron chi connectivity index (χ3n) is 5.02. The van der Waals surface area contributed by atoms with Crippen LogP contribution in [0.2, 0.25) is 5.02 Å². The zero-order valence-electron chi connectivity index (χ0n) is 17.5. The van der Waals surface area contributed by atoms with Gasteiger partial charge in [0, 0.05) is 5.02 Å². The highest BCUT2D eigenvalue weighted by Gasteiger charge is 2.37. The Labute approximate surface area is 209 Å². The topological polar surface area (TPSA) is 75.7 Å². The van der Waals surface area contributed by atoms with Gasteiger partial charge in [-0.25, -0.2) is 9.69 Å². The monoisotopic (exact) mass is 572 g/mol. The van der Waals surface area contributed by atoms with Crippen LogP contribution >= 0.6 is 34.2 Å². The lowest BCUT2D eigenvalue weighted by Gasteiger charge is -2.26. The molecule has 4 rings (SSSR count). The Balaban J connectivity index is 1.58. The van der Waals surface area contributed by atoms with Crippen molar-refractivity contribution in [2.45, 2.75) is 13.5 Å². The maximum absolute atomic E-state index is 13.1. The highest BCUT2D eigenvalue weighted by atomic mass is 127. The first kappa shape index (κ1) is 23.0. The highest BCUT2D eigenvalue weighted by molar-refractivity contribution is 14.1. The van der Waals surface area contributed by atoms with Gasteiger partial charge in [0.1, 0.15) is 17.9 Å². The lowest BCUT2D eigenvalue weighted by atomic mass is 10.1. The molecule has 0 unspecified atom stereocenters. The van der Waals surface area contributed by atoms with Gasteiger partial charge in [-0.2, -0.15) is 0 Å². The van der Waals surface area contributed by atoms with Crippen molar-refractivity contribution in [3.63, 3.8) is 0 Å². The van der Waals surface area contributed by atoms with E-state index in [1.165, 1.54) is 12.1 Å². The summed E-state index contributed by atoms with van der Waals surface area (Å²) < 4.78 is 6.70. The average molecular weight is 573 g/mol. The second kappa shape index (κ2) is 9.76. The van der Waals surface area contributed by atoms with Gasteiger partial charge < -0.3 is 4.74 Å². The predicted octanol–water partition coefficient (Wildman–Crippen LogP) is 5.50. The summed E-state index contributed by atoms with van der Waals surface area (Å²) in [6, 6.07) is 19.1. The number of rotatable bonds is 5. The summed E-state index contributed by atoms with van der Waals surface area (Å²) >= 11 is 8.29. The van der Waals surface area contributed by atoms with Crippen LogP contribution in [-0.2, 0) is 16.2 Å². The van der Waals surface area contributed by atoms with E-state index in [-0.39, 0.29) is 11.3 Å². The van der Waals surface area contributed by atoms with Gasteiger partial charge in [-0.3, -0.25) is 14.9 Å². The largest absolute Gasteiger partial charge is 0.488 e. The molecule has 0 spiro atoms. The maximum Gasteiger partial charge on any atom is 0.335 e. The summed E-state index contributed by atoms with van der Waals surface area (Å²) in [5, 5.41) is 2.63. The van der Waals surface area contributed by atoms with Crippen LogP contribution in [-0.4, -0.2) is 17.8 Å². The zero-order valence-corrected chi connectivity index (χ0v) is 20.4. The normalized spacial score (nSPS) is 15.1. The molecule has 1 aliphatic rings. The minimum absolute atomic E-state index is 0.153. The van der Waals surface area contributed by atoms with Crippen molar-refractivity contribution in [2.75, 3.05) is 4.90 Å². The van der Waals surface area contributed by atoms with Crippen molar-refractivity contribution in [1.29, 1.82) is 0 Å². The number of imide groups is 2. The van der Waals surface area contributed by atoms with Crippen molar-refractivity contribution in [3.05, 3.63) is 97.6 Å². The number of carbonyl (C=O) groups is 3. The number of halogens is 2. The first-order valence-electron chi connectivity index (χ1n) is 9.97. The van der Waals surface area contributed by atoms with Crippen LogP contribution in [0.4, 0.5) is 10.5 Å². The van der Waals surface area contributed by atoms with Crippen molar-refractivity contribution in [3.8, 4) is 5.75 Å². The van der Waals surface area contributed by atoms with Crippen molar-refractivity contribution >= 4 is 63.8 Å². The molecule has 0 aromatic heterocycles. The van der Waals surface area contributed by atoms with E-state index in [1.807, 2.05) is 37.3 Å². The Morgan fingerprint density at radius 1 is 1.03 bits per heavy atom. The van der Waals surface area contributed by atoms with E-state index in [0.717, 1.165) is 19.6 Å². The molecule has 0 aliphatic carbocycles. The molecule has 1 saturated heterocycles. The van der Waals surface area contributed by atoms with Crippen LogP contribution < -0.4 is 15.0 Å². The summed E-state index contributed by atoms with van der Waals surface area (Å²) in [5.41, 5.74) is 2.61. The number of nitrogens with zero attached hydrogens (tertiary/aromatic N) is 1. The summed E-state index contributed by atoms with van der Waals surface area (Å²) in [4.78, 5) is 38.8. The molecular formula is C25H18ClIN2O4. The second-order valence-electron chi connectivity index (χ2n) is 7.36. The fourth-order valence-electron chi connectivity index (χ4n) is 3.24. The number of urea groups is 1. The SMILES string of the molecule is Cc1ccc(N2C(=O)NC(=O)/C(=C/c3ccc(OCc4ccccc4)c(I)c3)C2=O)cc1Cl. The number of ether oxygens (including phenoxy) is 1. The molecule has 8 heteroatoms. The second-order valence-corrected chi connectivity index (χ2v) is 8.92. The zero-order chi connectivity index (χ0) is 23.5. The van der Waals surface area contributed by atoms with Gasteiger partial charge in [0.25, 0.3) is 11.8 Å². The molecule has 166 valence electrons. The number of hydrogen-bond donors (Lipinski definition) is 1. The quantitative estimate of drug-likeness (QED) is 0.249. The smallest absolute Gasteiger partial charge is 0.335 e. The van der Waals surface area contributed by atoms with Crippen LogP contribution in [0, 0.1) is 10.5 Å². The minimum atomic E-state index is -0.818. The van der Waals surface area contributed by atoms with E-state index in [1.54, 1.807) is 30.3 Å². The summed E-state index contributed by atoms with van der Waals surface area (Å²) in [5.74, 6) is -0.783.